The van der Waals surface area contributed by atoms with E-state index in [1.807, 2.05) is 0 Å². The van der Waals surface area contributed by atoms with Gasteiger partial charge in [-0.3, -0.25) is 0 Å². The molecule has 0 aromatic heterocycles. The number of hydrogen-bond acceptors (Lipinski definition) is 2. The van der Waals surface area contributed by atoms with Crippen molar-refractivity contribution >= 4 is 5.69 Å². The normalized spacial score (nSPS) is 20.8. The predicted molar refractivity (Wildman–Crippen MR) is 55.8 cm³/mol. The van der Waals surface area contributed by atoms with Gasteiger partial charge in [-0.15, -0.1) is 0 Å². The zero-order chi connectivity index (χ0) is 11.5. The minimum atomic E-state index is -1.42. The Morgan fingerprint density at radius 2 is 1.88 bits per heavy atom. The summed E-state index contributed by atoms with van der Waals surface area (Å²) in [5, 5.41) is 6.15. The molecule has 2 N–H and O–H groups in total. The van der Waals surface area contributed by atoms with E-state index in [9.17, 15) is 13.2 Å². The van der Waals surface area contributed by atoms with Gasteiger partial charge in [0.2, 0.25) is 0 Å². The van der Waals surface area contributed by atoms with Crippen LogP contribution in [-0.2, 0) is 0 Å². The van der Waals surface area contributed by atoms with Crippen LogP contribution in [0.15, 0.2) is 12.1 Å². The molecule has 2 rings (SSSR count). The average molecular weight is 230 g/mol. The molecule has 0 saturated carbocycles. The van der Waals surface area contributed by atoms with Crippen molar-refractivity contribution in [3.63, 3.8) is 0 Å². The van der Waals surface area contributed by atoms with Crippen molar-refractivity contribution in [2.45, 2.75) is 18.9 Å². The van der Waals surface area contributed by atoms with E-state index in [0.29, 0.717) is 0 Å². The zero-order valence-electron chi connectivity index (χ0n) is 8.69. The monoisotopic (exact) mass is 230 g/mol. The summed E-state index contributed by atoms with van der Waals surface area (Å²) in [7, 11) is 0. The number of piperidine rings is 1. The maximum Gasteiger partial charge on any atom is 0.194 e. The molecule has 1 heterocycles. The first kappa shape index (κ1) is 11.3. The molecular formula is C11H13F3N2. The van der Waals surface area contributed by atoms with E-state index in [1.54, 1.807) is 0 Å². The van der Waals surface area contributed by atoms with Crippen molar-refractivity contribution in [1.82, 2.24) is 5.32 Å². The third-order valence-corrected chi connectivity index (χ3v) is 2.65. The van der Waals surface area contributed by atoms with Gasteiger partial charge in [0.1, 0.15) is 0 Å². The van der Waals surface area contributed by atoms with Crippen molar-refractivity contribution < 1.29 is 13.2 Å². The van der Waals surface area contributed by atoms with Crippen molar-refractivity contribution in [3.05, 3.63) is 29.6 Å². The Bertz CT molecular complexity index is 352. The van der Waals surface area contributed by atoms with E-state index in [0.717, 1.165) is 38.1 Å². The van der Waals surface area contributed by atoms with E-state index in [4.69, 9.17) is 0 Å². The maximum absolute atomic E-state index is 12.9. The Morgan fingerprint density at radius 1 is 1.19 bits per heavy atom. The highest BCUT2D eigenvalue weighted by Crippen LogP contribution is 2.19. The van der Waals surface area contributed by atoms with Crippen molar-refractivity contribution in [3.8, 4) is 0 Å². The number of anilines is 1. The van der Waals surface area contributed by atoms with Crippen LogP contribution in [0.1, 0.15) is 12.8 Å². The maximum atomic E-state index is 12.9. The van der Waals surface area contributed by atoms with Crippen molar-refractivity contribution in [2.24, 2.45) is 0 Å². The van der Waals surface area contributed by atoms with Crippen LogP contribution in [-0.4, -0.2) is 19.1 Å². The lowest BCUT2D eigenvalue weighted by molar-refractivity contribution is 0.446. The lowest BCUT2D eigenvalue weighted by Crippen LogP contribution is -2.38. The number of nitrogens with one attached hydrogen (secondary N) is 2. The Balaban J connectivity index is 2.09. The summed E-state index contributed by atoms with van der Waals surface area (Å²) in [4.78, 5) is 0. The molecule has 1 atom stereocenters. The molecule has 16 heavy (non-hydrogen) atoms. The molecule has 0 spiro atoms. The van der Waals surface area contributed by atoms with Gasteiger partial charge in [-0.1, -0.05) is 0 Å². The van der Waals surface area contributed by atoms with Crippen LogP contribution >= 0.6 is 0 Å². The number of halogens is 3. The van der Waals surface area contributed by atoms with Crippen LogP contribution < -0.4 is 10.6 Å². The van der Waals surface area contributed by atoms with Crippen molar-refractivity contribution in [1.29, 1.82) is 0 Å². The fourth-order valence-electron chi connectivity index (χ4n) is 1.85. The SMILES string of the molecule is Fc1cc(NC2CCCNC2)cc(F)c1F. The minimum absolute atomic E-state index is 0.137. The molecule has 1 fully saturated rings. The van der Waals surface area contributed by atoms with Crippen LogP contribution in [0, 0.1) is 17.5 Å². The molecule has 0 radical (unpaired) electrons. The molecule has 1 aromatic carbocycles. The lowest BCUT2D eigenvalue weighted by atomic mass is 10.1. The molecule has 1 aliphatic rings. The van der Waals surface area contributed by atoms with Crippen molar-refractivity contribution in [2.75, 3.05) is 18.4 Å². The highest BCUT2D eigenvalue weighted by atomic mass is 19.2. The Hall–Kier alpha value is -1.23. The Morgan fingerprint density at radius 3 is 2.44 bits per heavy atom. The molecular weight excluding hydrogens is 217 g/mol. The highest BCUT2D eigenvalue weighted by Gasteiger charge is 2.15. The van der Waals surface area contributed by atoms with Gasteiger partial charge < -0.3 is 10.6 Å². The summed E-state index contributed by atoms with van der Waals surface area (Å²) < 4.78 is 38.5. The van der Waals surface area contributed by atoms with E-state index in [-0.39, 0.29) is 11.7 Å². The molecule has 1 aromatic rings. The quantitative estimate of drug-likeness (QED) is 0.761. The van der Waals surface area contributed by atoms with Gasteiger partial charge in [0, 0.05) is 30.4 Å². The molecule has 0 bridgehead atoms. The van der Waals surface area contributed by atoms with Gasteiger partial charge in [0.25, 0.3) is 0 Å². The first-order valence-electron chi connectivity index (χ1n) is 5.28. The smallest absolute Gasteiger partial charge is 0.194 e. The molecule has 1 saturated heterocycles. The van der Waals surface area contributed by atoms with Crippen LogP contribution in [0.3, 0.4) is 0 Å². The second-order valence-electron chi connectivity index (χ2n) is 3.94. The average Bonchev–Trinajstić information content (AvgIpc) is 2.27. The second-order valence-corrected chi connectivity index (χ2v) is 3.94. The molecule has 0 amide bonds. The summed E-state index contributed by atoms with van der Waals surface area (Å²) in [5.41, 5.74) is 0.283. The number of benzene rings is 1. The van der Waals surface area contributed by atoms with Gasteiger partial charge in [0.15, 0.2) is 17.5 Å². The summed E-state index contributed by atoms with van der Waals surface area (Å²) in [6, 6.07) is 2.10. The first-order chi connectivity index (χ1) is 7.66. The van der Waals surface area contributed by atoms with Gasteiger partial charge in [-0.25, -0.2) is 13.2 Å². The molecule has 0 aliphatic carbocycles. The number of rotatable bonds is 2. The van der Waals surface area contributed by atoms with Gasteiger partial charge in [-0.05, 0) is 19.4 Å². The highest BCUT2D eigenvalue weighted by molar-refractivity contribution is 5.45. The second kappa shape index (κ2) is 4.74. The molecule has 2 nitrogen and oxygen atoms in total. The summed E-state index contributed by atoms with van der Waals surface area (Å²) in [6.45, 7) is 1.71. The molecule has 5 heteroatoms. The molecule has 1 aliphatic heterocycles. The Labute approximate surface area is 91.8 Å². The van der Waals surface area contributed by atoms with Crippen LogP contribution in [0.4, 0.5) is 18.9 Å². The summed E-state index contributed by atoms with van der Waals surface area (Å²) in [6.07, 6.45) is 1.96. The minimum Gasteiger partial charge on any atom is -0.381 e. The fraction of sp³-hybridized carbons (Fsp3) is 0.455. The molecule has 1 unspecified atom stereocenters. The summed E-state index contributed by atoms with van der Waals surface area (Å²) >= 11 is 0. The third kappa shape index (κ3) is 2.47. The third-order valence-electron chi connectivity index (χ3n) is 2.65. The van der Waals surface area contributed by atoms with E-state index in [2.05, 4.69) is 10.6 Å². The van der Waals surface area contributed by atoms with E-state index < -0.39 is 17.5 Å². The van der Waals surface area contributed by atoms with Gasteiger partial charge in [-0.2, -0.15) is 0 Å². The summed E-state index contributed by atoms with van der Waals surface area (Å²) in [5.74, 6) is -3.75. The predicted octanol–water partition coefficient (Wildman–Crippen LogP) is 2.27. The van der Waals surface area contributed by atoms with Crippen LogP contribution in [0.25, 0.3) is 0 Å². The first-order valence-corrected chi connectivity index (χ1v) is 5.28. The lowest BCUT2D eigenvalue weighted by Gasteiger charge is -2.24. The molecule has 88 valence electrons. The standard InChI is InChI=1S/C11H13F3N2/c12-9-4-8(5-10(13)11(9)14)16-7-2-1-3-15-6-7/h4-5,7,15-16H,1-3,6H2. The fourth-order valence-corrected chi connectivity index (χ4v) is 1.85. The van der Waals surface area contributed by atoms with Gasteiger partial charge >= 0.3 is 0 Å². The largest absolute Gasteiger partial charge is 0.381 e. The topological polar surface area (TPSA) is 24.1 Å². The van der Waals surface area contributed by atoms with E-state index >= 15 is 0 Å². The van der Waals surface area contributed by atoms with E-state index in [1.165, 1.54) is 0 Å². The Kier molecular flexibility index (Phi) is 3.33. The number of hydrogen-bond donors (Lipinski definition) is 2. The van der Waals surface area contributed by atoms with Crippen LogP contribution in [0.5, 0.6) is 0 Å². The van der Waals surface area contributed by atoms with Gasteiger partial charge in [0.05, 0.1) is 0 Å². The van der Waals surface area contributed by atoms with Crippen LogP contribution in [0.2, 0.25) is 0 Å². The zero-order valence-corrected chi connectivity index (χ0v) is 8.69.